The lowest BCUT2D eigenvalue weighted by molar-refractivity contribution is 0.635. The Bertz CT molecular complexity index is 911. The van der Waals surface area contributed by atoms with Crippen molar-refractivity contribution in [2.24, 2.45) is 0 Å². The van der Waals surface area contributed by atoms with E-state index in [1.807, 2.05) is 12.3 Å². The summed E-state index contributed by atoms with van der Waals surface area (Å²) in [5.41, 5.74) is 2.57. The molecule has 6 heteroatoms. The summed E-state index contributed by atoms with van der Waals surface area (Å²) in [7, 11) is 0. The molecule has 0 spiro atoms. The van der Waals surface area contributed by atoms with Gasteiger partial charge in [0, 0.05) is 37.0 Å². The summed E-state index contributed by atoms with van der Waals surface area (Å²) in [6, 6.07) is 10.5. The number of aromatic nitrogens is 4. The fourth-order valence-electron chi connectivity index (χ4n) is 3.87. The first-order chi connectivity index (χ1) is 12.4. The van der Waals surface area contributed by atoms with Gasteiger partial charge in [-0.3, -0.25) is 0 Å². The van der Waals surface area contributed by atoms with Crippen LogP contribution >= 0.6 is 0 Å². The summed E-state index contributed by atoms with van der Waals surface area (Å²) in [5, 5.41) is 19.8. The lowest BCUT2D eigenvalue weighted by Crippen LogP contribution is -2.47. The van der Waals surface area contributed by atoms with Crippen molar-refractivity contribution in [3.05, 3.63) is 47.8 Å². The number of anilines is 2. The van der Waals surface area contributed by atoms with Crippen molar-refractivity contribution in [1.29, 1.82) is 0 Å². The second-order valence-electron chi connectivity index (χ2n) is 6.76. The molecule has 3 aromatic rings. The number of fused-ring (bicyclic) bond motifs is 2. The smallest absolute Gasteiger partial charge is 0.159 e. The molecule has 0 amide bonds. The van der Waals surface area contributed by atoms with Crippen LogP contribution in [0.15, 0.2) is 36.5 Å². The maximum absolute atomic E-state index is 4.45. The number of rotatable bonds is 2. The largest absolute Gasteiger partial charge is 0.352 e. The quantitative estimate of drug-likeness (QED) is 0.717. The van der Waals surface area contributed by atoms with Gasteiger partial charge >= 0.3 is 0 Å². The molecule has 2 aliphatic rings. The second kappa shape index (κ2) is 5.95. The minimum absolute atomic E-state index is 0.918. The third-order valence-corrected chi connectivity index (χ3v) is 5.26. The number of aryl methyl sites for hydroxylation is 2. The molecule has 2 aromatic heterocycles. The summed E-state index contributed by atoms with van der Waals surface area (Å²) >= 11 is 0. The predicted octanol–water partition coefficient (Wildman–Crippen LogP) is 2.24. The molecule has 5 rings (SSSR count). The molecule has 3 heterocycles. The molecule has 1 aliphatic carbocycles. The Kier molecular flexibility index (Phi) is 3.47. The maximum Gasteiger partial charge on any atom is 0.159 e. The van der Waals surface area contributed by atoms with E-state index in [0.717, 1.165) is 56.0 Å². The molecule has 25 heavy (non-hydrogen) atoms. The molecule has 0 N–H and O–H groups in total. The van der Waals surface area contributed by atoms with E-state index in [-0.39, 0.29) is 0 Å². The molecule has 126 valence electrons. The van der Waals surface area contributed by atoms with Crippen molar-refractivity contribution < 1.29 is 0 Å². The van der Waals surface area contributed by atoms with Gasteiger partial charge in [-0.25, -0.2) is 0 Å². The molecule has 0 unspecified atom stereocenters. The molecule has 6 nitrogen and oxygen atoms in total. The number of hydrogen-bond donors (Lipinski definition) is 0. The van der Waals surface area contributed by atoms with Gasteiger partial charge in [0.2, 0.25) is 0 Å². The first-order valence-corrected chi connectivity index (χ1v) is 8.94. The lowest BCUT2D eigenvalue weighted by atomic mass is 10.1. The second-order valence-corrected chi connectivity index (χ2v) is 6.76. The maximum atomic E-state index is 4.45. The van der Waals surface area contributed by atoms with Crippen molar-refractivity contribution >= 4 is 22.4 Å². The van der Waals surface area contributed by atoms with E-state index >= 15 is 0 Å². The summed E-state index contributed by atoms with van der Waals surface area (Å²) in [6.45, 7) is 3.69. The Labute approximate surface area is 146 Å². The molecule has 1 saturated heterocycles. The standard InChI is InChI=1S/C19H20N6/c1-2-6-16-15(4-1)13-20-23-19(16)25-10-8-24(9-11-25)18-12-14-5-3-7-17(14)21-22-18/h1-2,4,6,12-13H,3,5,7-11H2. The summed E-state index contributed by atoms with van der Waals surface area (Å²) < 4.78 is 0. The van der Waals surface area contributed by atoms with Crippen LogP contribution in [0.4, 0.5) is 11.6 Å². The van der Waals surface area contributed by atoms with E-state index in [0.29, 0.717) is 0 Å². The molecule has 1 aromatic carbocycles. The Balaban J connectivity index is 1.36. The summed E-state index contributed by atoms with van der Waals surface area (Å²) in [6.07, 6.45) is 5.26. The minimum atomic E-state index is 0.918. The van der Waals surface area contributed by atoms with Crippen LogP contribution in [0.3, 0.4) is 0 Å². The van der Waals surface area contributed by atoms with Crippen LogP contribution in [0.5, 0.6) is 0 Å². The van der Waals surface area contributed by atoms with Gasteiger partial charge in [-0.2, -0.15) is 10.2 Å². The fraction of sp³-hybridized carbons (Fsp3) is 0.368. The highest BCUT2D eigenvalue weighted by Crippen LogP contribution is 2.26. The highest BCUT2D eigenvalue weighted by Gasteiger charge is 2.22. The zero-order chi connectivity index (χ0) is 16.6. The van der Waals surface area contributed by atoms with Gasteiger partial charge < -0.3 is 9.80 Å². The van der Waals surface area contributed by atoms with E-state index in [1.54, 1.807) is 0 Å². The monoisotopic (exact) mass is 332 g/mol. The highest BCUT2D eigenvalue weighted by molar-refractivity contribution is 5.91. The normalized spacial score (nSPS) is 17.1. The van der Waals surface area contributed by atoms with Gasteiger partial charge in [0.05, 0.1) is 11.9 Å². The van der Waals surface area contributed by atoms with Crippen molar-refractivity contribution in [1.82, 2.24) is 20.4 Å². The van der Waals surface area contributed by atoms with Gasteiger partial charge in [-0.05, 0) is 30.9 Å². The lowest BCUT2D eigenvalue weighted by Gasteiger charge is -2.36. The molecule has 1 aliphatic heterocycles. The van der Waals surface area contributed by atoms with Crippen molar-refractivity contribution in [3.8, 4) is 0 Å². The topological polar surface area (TPSA) is 58.0 Å². The third kappa shape index (κ3) is 2.58. The number of hydrogen-bond acceptors (Lipinski definition) is 6. The molecule has 0 radical (unpaired) electrons. The number of piperazine rings is 1. The highest BCUT2D eigenvalue weighted by atomic mass is 15.3. The van der Waals surface area contributed by atoms with Crippen LogP contribution in [-0.4, -0.2) is 46.6 Å². The summed E-state index contributed by atoms with van der Waals surface area (Å²) in [4.78, 5) is 4.66. The number of nitrogens with zero attached hydrogens (tertiary/aromatic N) is 6. The van der Waals surface area contributed by atoms with Crippen LogP contribution in [0.1, 0.15) is 17.7 Å². The SMILES string of the molecule is c1ccc2c(N3CCN(c4cc5c(nn4)CCC5)CC3)nncc2c1. The van der Waals surface area contributed by atoms with E-state index in [9.17, 15) is 0 Å². The minimum Gasteiger partial charge on any atom is -0.352 e. The van der Waals surface area contributed by atoms with Crippen LogP contribution in [0, 0.1) is 0 Å². The zero-order valence-electron chi connectivity index (χ0n) is 14.1. The van der Waals surface area contributed by atoms with Crippen LogP contribution in [0.25, 0.3) is 10.8 Å². The Morgan fingerprint density at radius 3 is 2.60 bits per heavy atom. The molecular formula is C19H20N6. The van der Waals surface area contributed by atoms with Crippen LogP contribution in [-0.2, 0) is 12.8 Å². The van der Waals surface area contributed by atoms with Gasteiger partial charge in [-0.15, -0.1) is 10.2 Å². The van der Waals surface area contributed by atoms with E-state index in [2.05, 4.69) is 54.5 Å². The summed E-state index contributed by atoms with van der Waals surface area (Å²) in [5.74, 6) is 2.00. The predicted molar refractivity (Wildman–Crippen MR) is 98.0 cm³/mol. The fourth-order valence-corrected chi connectivity index (χ4v) is 3.87. The first-order valence-electron chi connectivity index (χ1n) is 8.94. The van der Waals surface area contributed by atoms with Crippen LogP contribution in [0.2, 0.25) is 0 Å². The van der Waals surface area contributed by atoms with Gasteiger partial charge in [0.1, 0.15) is 0 Å². The average molecular weight is 332 g/mol. The zero-order valence-corrected chi connectivity index (χ0v) is 14.1. The third-order valence-electron chi connectivity index (χ3n) is 5.26. The van der Waals surface area contributed by atoms with E-state index in [4.69, 9.17) is 0 Å². The van der Waals surface area contributed by atoms with Crippen LogP contribution < -0.4 is 9.80 Å². The van der Waals surface area contributed by atoms with Gasteiger partial charge in [0.15, 0.2) is 11.6 Å². The molecule has 0 bridgehead atoms. The molecule has 0 saturated carbocycles. The molecule has 1 fully saturated rings. The van der Waals surface area contributed by atoms with Gasteiger partial charge in [-0.1, -0.05) is 24.3 Å². The van der Waals surface area contributed by atoms with E-state index in [1.165, 1.54) is 23.1 Å². The van der Waals surface area contributed by atoms with Gasteiger partial charge in [0.25, 0.3) is 0 Å². The number of benzene rings is 1. The Morgan fingerprint density at radius 2 is 1.68 bits per heavy atom. The average Bonchev–Trinajstić information content (AvgIpc) is 3.15. The Morgan fingerprint density at radius 1 is 0.840 bits per heavy atom. The molecule has 0 atom stereocenters. The molecular weight excluding hydrogens is 312 g/mol. The van der Waals surface area contributed by atoms with E-state index < -0.39 is 0 Å². The van der Waals surface area contributed by atoms with Crippen molar-refractivity contribution in [2.75, 3.05) is 36.0 Å². The Hall–Kier alpha value is -2.76. The van der Waals surface area contributed by atoms with Crippen molar-refractivity contribution in [3.63, 3.8) is 0 Å². The van der Waals surface area contributed by atoms with Crippen molar-refractivity contribution in [2.45, 2.75) is 19.3 Å². The first kappa shape index (κ1) is 14.6.